The molecule has 43 heavy (non-hydrogen) atoms. The molecule has 3 aliphatic rings. The van der Waals surface area contributed by atoms with E-state index < -0.39 is 0 Å². The second kappa shape index (κ2) is 9.31. The van der Waals surface area contributed by atoms with Gasteiger partial charge in [0.1, 0.15) is 22.7 Å². The number of phenols is 1. The van der Waals surface area contributed by atoms with Crippen LogP contribution in [0.4, 0.5) is 0 Å². The lowest BCUT2D eigenvalue weighted by Gasteiger charge is -2.24. The number of nitrogens with one attached hydrogen (secondary N) is 1. The Hall–Kier alpha value is -4.37. The molecule has 2 aromatic carbocycles. The van der Waals surface area contributed by atoms with Crippen molar-refractivity contribution in [3.63, 3.8) is 0 Å². The van der Waals surface area contributed by atoms with Crippen molar-refractivity contribution >= 4 is 28.0 Å². The van der Waals surface area contributed by atoms with Crippen LogP contribution in [0.2, 0.25) is 0 Å². The number of hydrogen-bond donors (Lipinski definition) is 2. The van der Waals surface area contributed by atoms with E-state index in [4.69, 9.17) is 14.7 Å². The summed E-state index contributed by atoms with van der Waals surface area (Å²) in [5, 5.41) is 14.7. The highest BCUT2D eigenvalue weighted by Crippen LogP contribution is 2.39. The molecule has 3 fully saturated rings. The number of ether oxygens (including phenoxy) is 1. The van der Waals surface area contributed by atoms with Crippen molar-refractivity contribution < 1.29 is 14.6 Å². The van der Waals surface area contributed by atoms with Gasteiger partial charge in [0.25, 0.3) is 5.91 Å². The van der Waals surface area contributed by atoms with Crippen molar-refractivity contribution in [2.75, 3.05) is 13.7 Å². The first-order valence-corrected chi connectivity index (χ1v) is 15.1. The summed E-state index contributed by atoms with van der Waals surface area (Å²) in [7, 11) is 3.66. The maximum atomic E-state index is 13.6. The van der Waals surface area contributed by atoms with Crippen LogP contribution in [0.15, 0.2) is 42.5 Å². The number of likely N-dealkylation sites (tertiary alicyclic amines) is 1. The topological polar surface area (TPSA) is 107 Å². The van der Waals surface area contributed by atoms with Crippen molar-refractivity contribution in [2.24, 2.45) is 13.0 Å². The summed E-state index contributed by atoms with van der Waals surface area (Å²) in [5.74, 6) is 2.39. The third-order valence-corrected chi connectivity index (χ3v) is 9.73. The maximum Gasteiger partial charge on any atom is 0.254 e. The minimum atomic E-state index is 0.0215. The van der Waals surface area contributed by atoms with Crippen LogP contribution in [0.1, 0.15) is 41.3 Å². The number of phenolic OH excluding ortho intramolecular Hbond substituents is 1. The molecule has 3 atom stereocenters. The van der Waals surface area contributed by atoms with Gasteiger partial charge in [0.15, 0.2) is 5.82 Å². The molecular weight excluding hydrogens is 540 g/mol. The number of imidazole rings is 1. The van der Waals surface area contributed by atoms with Crippen LogP contribution in [-0.4, -0.2) is 66.8 Å². The van der Waals surface area contributed by atoms with Gasteiger partial charge >= 0.3 is 0 Å². The summed E-state index contributed by atoms with van der Waals surface area (Å²) < 4.78 is 10.2. The number of nitrogens with zero attached hydrogens (tertiary/aromatic N) is 5. The van der Waals surface area contributed by atoms with Gasteiger partial charge in [0, 0.05) is 54.8 Å². The quantitative estimate of drug-likeness (QED) is 0.270. The highest BCUT2D eigenvalue weighted by atomic mass is 16.5. The Bertz CT molecular complexity index is 1970. The summed E-state index contributed by atoms with van der Waals surface area (Å²) in [4.78, 5) is 25.9. The van der Waals surface area contributed by atoms with Gasteiger partial charge in [-0.25, -0.2) is 9.97 Å². The molecule has 220 valence electrons. The third-order valence-electron chi connectivity index (χ3n) is 9.73. The number of benzene rings is 2. The smallest absolute Gasteiger partial charge is 0.254 e. The molecule has 2 saturated heterocycles. The summed E-state index contributed by atoms with van der Waals surface area (Å²) in [6, 6.07) is 14.9. The minimum Gasteiger partial charge on any atom is -0.508 e. The van der Waals surface area contributed by atoms with Crippen LogP contribution in [0.3, 0.4) is 0 Å². The Morgan fingerprint density at radius 1 is 1.09 bits per heavy atom. The van der Waals surface area contributed by atoms with Crippen LogP contribution in [0.5, 0.6) is 11.5 Å². The van der Waals surface area contributed by atoms with E-state index in [9.17, 15) is 9.90 Å². The van der Waals surface area contributed by atoms with Gasteiger partial charge in [-0.3, -0.25) is 4.79 Å². The van der Waals surface area contributed by atoms with Crippen LogP contribution in [0, 0.1) is 19.8 Å². The zero-order valence-electron chi connectivity index (χ0n) is 25.2. The molecule has 9 nitrogen and oxygen atoms in total. The molecule has 5 aromatic rings. The van der Waals surface area contributed by atoms with Gasteiger partial charge in [-0.2, -0.15) is 0 Å². The van der Waals surface area contributed by atoms with E-state index >= 15 is 0 Å². The van der Waals surface area contributed by atoms with Gasteiger partial charge in [0.2, 0.25) is 0 Å². The SMILES string of the molecule is COc1cc(C(=O)N2CC3N[C@H]3C2C)cc2nc(-c3cc4ccc(-c5cc(C)c(O)cc5C)nc4n3CC3CC3)n(C)c12. The first kappa shape index (κ1) is 26.3. The van der Waals surface area contributed by atoms with Gasteiger partial charge in [-0.05, 0) is 93.1 Å². The number of amides is 1. The lowest BCUT2D eigenvalue weighted by atomic mass is 10.0. The van der Waals surface area contributed by atoms with Crippen molar-refractivity contribution in [2.45, 2.75) is 58.3 Å². The fourth-order valence-electron chi connectivity index (χ4n) is 6.94. The molecule has 0 bridgehead atoms. The van der Waals surface area contributed by atoms with Gasteiger partial charge < -0.3 is 29.2 Å². The van der Waals surface area contributed by atoms with Crippen LogP contribution >= 0.6 is 0 Å². The van der Waals surface area contributed by atoms with Crippen LogP contribution in [-0.2, 0) is 13.6 Å². The number of methoxy groups -OCH3 is 1. The second-order valence-electron chi connectivity index (χ2n) is 12.7. The highest BCUT2D eigenvalue weighted by Gasteiger charge is 2.51. The number of aryl methyl sites for hydroxylation is 3. The van der Waals surface area contributed by atoms with Crippen molar-refractivity contribution in [1.29, 1.82) is 0 Å². The lowest BCUT2D eigenvalue weighted by molar-refractivity contribution is 0.0727. The van der Waals surface area contributed by atoms with E-state index in [-0.39, 0.29) is 11.9 Å². The number of carbonyl (C=O) groups is 1. The Labute approximate surface area is 250 Å². The Kier molecular flexibility index (Phi) is 5.69. The second-order valence-corrected chi connectivity index (χ2v) is 12.7. The molecular formula is C34H36N6O3. The van der Waals surface area contributed by atoms with E-state index in [1.807, 2.05) is 44.0 Å². The van der Waals surface area contributed by atoms with Crippen molar-refractivity contribution in [3.05, 3.63) is 59.2 Å². The lowest BCUT2D eigenvalue weighted by Crippen LogP contribution is -2.40. The summed E-state index contributed by atoms with van der Waals surface area (Å²) in [6.45, 7) is 7.63. The Morgan fingerprint density at radius 3 is 2.63 bits per heavy atom. The van der Waals surface area contributed by atoms with Crippen LogP contribution in [0.25, 0.3) is 44.8 Å². The number of aromatic hydroxyl groups is 1. The average molecular weight is 577 g/mol. The van der Waals surface area contributed by atoms with E-state index in [1.165, 1.54) is 12.8 Å². The minimum absolute atomic E-state index is 0.0215. The molecule has 1 aliphatic carbocycles. The molecule has 2 N–H and O–H groups in total. The van der Waals surface area contributed by atoms with E-state index in [0.29, 0.717) is 35.1 Å². The van der Waals surface area contributed by atoms with E-state index in [0.717, 1.165) is 69.1 Å². The molecule has 0 radical (unpaired) electrons. The molecule has 3 aromatic heterocycles. The molecule has 2 aliphatic heterocycles. The van der Waals surface area contributed by atoms with E-state index in [2.05, 4.69) is 39.6 Å². The fraction of sp³-hybridized carbons (Fsp3) is 0.382. The molecule has 5 heterocycles. The summed E-state index contributed by atoms with van der Waals surface area (Å²) >= 11 is 0. The molecule has 1 saturated carbocycles. The molecule has 1 amide bonds. The monoisotopic (exact) mass is 576 g/mol. The number of piperazine rings is 1. The summed E-state index contributed by atoms with van der Waals surface area (Å²) in [5.41, 5.74) is 7.84. The highest BCUT2D eigenvalue weighted by molar-refractivity contribution is 6.00. The maximum absolute atomic E-state index is 13.6. The molecule has 8 rings (SSSR count). The largest absolute Gasteiger partial charge is 0.508 e. The number of aromatic nitrogens is 4. The number of fused-ring (bicyclic) bond motifs is 3. The number of hydrogen-bond acceptors (Lipinski definition) is 6. The van der Waals surface area contributed by atoms with E-state index in [1.54, 1.807) is 13.2 Å². The van der Waals surface area contributed by atoms with Gasteiger partial charge in [-0.15, -0.1) is 0 Å². The summed E-state index contributed by atoms with van der Waals surface area (Å²) in [6.07, 6.45) is 2.42. The predicted octanol–water partition coefficient (Wildman–Crippen LogP) is 5.18. The molecule has 9 heteroatoms. The first-order chi connectivity index (χ1) is 20.7. The standard InChI is InChI=1S/C34H36N6O3/c1-17-11-28(41)18(2)10-23(17)24-9-8-21-13-27(40(32(21)36-24)15-20-6-7-20)33-37-25-12-22(14-29(43-5)31(25)38(33)4)34(42)39-16-26-30(35-26)19(39)3/h8-14,19-20,26,30,35,41H,6-7,15-16H2,1-5H3/t19?,26?,30-/m0/s1. The zero-order chi connectivity index (χ0) is 29.7. The predicted molar refractivity (Wildman–Crippen MR) is 167 cm³/mol. The van der Waals surface area contributed by atoms with Gasteiger partial charge in [-0.1, -0.05) is 0 Å². The fourth-order valence-corrected chi connectivity index (χ4v) is 6.94. The third kappa shape index (κ3) is 4.12. The first-order valence-electron chi connectivity index (χ1n) is 15.1. The van der Waals surface area contributed by atoms with Gasteiger partial charge in [0.05, 0.1) is 24.0 Å². The van der Waals surface area contributed by atoms with Crippen LogP contribution < -0.4 is 10.1 Å². The number of carbonyl (C=O) groups excluding carboxylic acids is 1. The zero-order valence-corrected chi connectivity index (χ0v) is 25.2. The molecule has 0 spiro atoms. The number of rotatable bonds is 6. The van der Waals surface area contributed by atoms with Crippen molar-refractivity contribution in [1.82, 2.24) is 29.3 Å². The average Bonchev–Trinajstić information content (AvgIpc) is 3.89. The Balaban J connectivity index is 1.26. The molecule has 2 unspecified atom stereocenters. The normalized spacial score (nSPS) is 21.1. The van der Waals surface area contributed by atoms with Crippen molar-refractivity contribution in [3.8, 4) is 34.3 Å². The Morgan fingerprint density at radius 2 is 1.91 bits per heavy atom. The number of pyridine rings is 1.